The van der Waals surface area contributed by atoms with Gasteiger partial charge in [-0.05, 0) is 23.7 Å². The van der Waals surface area contributed by atoms with Crippen molar-refractivity contribution in [1.82, 2.24) is 9.27 Å². The second-order valence-electron chi connectivity index (χ2n) is 3.89. The lowest BCUT2D eigenvalue weighted by Crippen LogP contribution is -2.25. The standard InChI is InChI=1S/C12H10Cl2N2O2S/c1-16(2)12(17)18-9-6-19-15-11(9)10-7(13)4-3-5-8(10)14/h3-6H,1-2H3. The molecule has 100 valence electrons. The van der Waals surface area contributed by atoms with E-state index in [4.69, 9.17) is 27.9 Å². The molecule has 4 nitrogen and oxygen atoms in total. The average Bonchev–Trinajstić information content (AvgIpc) is 2.77. The number of aromatic nitrogens is 1. The molecule has 0 aliphatic rings. The third-order valence-electron chi connectivity index (χ3n) is 2.30. The molecule has 1 aromatic heterocycles. The van der Waals surface area contributed by atoms with Gasteiger partial charge in [-0.15, -0.1) is 0 Å². The van der Waals surface area contributed by atoms with Gasteiger partial charge in [-0.3, -0.25) is 0 Å². The molecule has 0 atom stereocenters. The first kappa shape index (κ1) is 14.1. The molecule has 1 amide bonds. The molecule has 7 heteroatoms. The van der Waals surface area contributed by atoms with Crippen molar-refractivity contribution >= 4 is 40.8 Å². The Morgan fingerprint density at radius 1 is 1.32 bits per heavy atom. The largest absolute Gasteiger partial charge is 0.414 e. The van der Waals surface area contributed by atoms with E-state index in [1.165, 1.54) is 16.4 Å². The highest BCUT2D eigenvalue weighted by Gasteiger charge is 2.19. The molecular weight excluding hydrogens is 307 g/mol. The SMILES string of the molecule is CN(C)C(=O)Oc1csnc1-c1c(Cl)cccc1Cl. The van der Waals surface area contributed by atoms with Crippen molar-refractivity contribution in [2.75, 3.05) is 14.1 Å². The lowest BCUT2D eigenvalue weighted by atomic mass is 10.1. The molecule has 1 aromatic carbocycles. The fraction of sp³-hybridized carbons (Fsp3) is 0.167. The zero-order chi connectivity index (χ0) is 14.0. The van der Waals surface area contributed by atoms with Crippen LogP contribution in [0.15, 0.2) is 23.6 Å². The van der Waals surface area contributed by atoms with Crippen LogP contribution in [-0.2, 0) is 0 Å². The van der Waals surface area contributed by atoms with E-state index in [1.807, 2.05) is 0 Å². The highest BCUT2D eigenvalue weighted by Crippen LogP contribution is 2.39. The van der Waals surface area contributed by atoms with E-state index in [0.717, 1.165) is 0 Å². The maximum absolute atomic E-state index is 11.6. The van der Waals surface area contributed by atoms with Crippen LogP contribution in [0.25, 0.3) is 11.3 Å². The van der Waals surface area contributed by atoms with E-state index >= 15 is 0 Å². The van der Waals surface area contributed by atoms with Crippen molar-refractivity contribution in [1.29, 1.82) is 0 Å². The van der Waals surface area contributed by atoms with Crippen LogP contribution in [0.4, 0.5) is 4.79 Å². The fourth-order valence-electron chi connectivity index (χ4n) is 1.38. The number of hydrogen-bond donors (Lipinski definition) is 0. The molecule has 0 radical (unpaired) electrons. The number of carbonyl (C=O) groups is 1. The average molecular weight is 317 g/mol. The second-order valence-corrected chi connectivity index (χ2v) is 5.33. The smallest absolute Gasteiger partial charge is 0.407 e. The van der Waals surface area contributed by atoms with Gasteiger partial charge in [0, 0.05) is 19.7 Å². The molecule has 2 aromatic rings. The van der Waals surface area contributed by atoms with E-state index in [2.05, 4.69) is 4.37 Å². The molecule has 0 bridgehead atoms. The van der Waals surface area contributed by atoms with Crippen LogP contribution in [-0.4, -0.2) is 29.5 Å². The molecule has 0 saturated carbocycles. The minimum Gasteiger partial charge on any atom is -0.407 e. The summed E-state index contributed by atoms with van der Waals surface area (Å²) >= 11 is 13.4. The number of hydrogen-bond acceptors (Lipinski definition) is 4. The Bertz CT molecular complexity index is 593. The number of rotatable bonds is 2. The van der Waals surface area contributed by atoms with Crippen LogP contribution >= 0.6 is 34.7 Å². The number of halogens is 2. The minimum atomic E-state index is -0.482. The topological polar surface area (TPSA) is 42.4 Å². The van der Waals surface area contributed by atoms with Gasteiger partial charge < -0.3 is 9.64 Å². The first-order chi connectivity index (χ1) is 9.00. The van der Waals surface area contributed by atoms with Crippen LogP contribution in [0.1, 0.15) is 0 Å². The normalized spacial score (nSPS) is 10.3. The predicted molar refractivity (Wildman–Crippen MR) is 77.3 cm³/mol. The Hall–Kier alpha value is -1.30. The molecule has 19 heavy (non-hydrogen) atoms. The summed E-state index contributed by atoms with van der Waals surface area (Å²) in [6.45, 7) is 0. The molecular formula is C12H10Cl2N2O2S. The van der Waals surface area contributed by atoms with Gasteiger partial charge in [-0.2, -0.15) is 4.37 Å². The summed E-state index contributed by atoms with van der Waals surface area (Å²) < 4.78 is 9.43. The van der Waals surface area contributed by atoms with Crippen molar-refractivity contribution in [3.05, 3.63) is 33.6 Å². The number of amides is 1. The van der Waals surface area contributed by atoms with Crippen molar-refractivity contribution in [2.45, 2.75) is 0 Å². The molecule has 0 fully saturated rings. The number of ether oxygens (including phenoxy) is 1. The van der Waals surface area contributed by atoms with Crippen LogP contribution < -0.4 is 4.74 Å². The van der Waals surface area contributed by atoms with Crippen LogP contribution in [0.2, 0.25) is 10.0 Å². The summed E-state index contributed by atoms with van der Waals surface area (Å²) in [6, 6.07) is 5.16. The summed E-state index contributed by atoms with van der Waals surface area (Å²) in [6.07, 6.45) is -0.482. The van der Waals surface area contributed by atoms with Gasteiger partial charge in [-0.1, -0.05) is 29.3 Å². The van der Waals surface area contributed by atoms with Gasteiger partial charge >= 0.3 is 6.09 Å². The minimum absolute atomic E-state index is 0.346. The van der Waals surface area contributed by atoms with Crippen molar-refractivity contribution in [2.24, 2.45) is 0 Å². The van der Waals surface area contributed by atoms with Gasteiger partial charge in [0.25, 0.3) is 0 Å². The maximum atomic E-state index is 11.6. The van der Waals surface area contributed by atoms with Crippen molar-refractivity contribution < 1.29 is 9.53 Å². The van der Waals surface area contributed by atoms with Crippen LogP contribution in [0.5, 0.6) is 5.75 Å². The van der Waals surface area contributed by atoms with Crippen LogP contribution in [0, 0.1) is 0 Å². The molecule has 0 aliphatic heterocycles. The Morgan fingerprint density at radius 2 is 1.95 bits per heavy atom. The van der Waals surface area contributed by atoms with Gasteiger partial charge in [0.1, 0.15) is 5.69 Å². The molecule has 0 spiro atoms. The first-order valence-corrected chi connectivity index (χ1v) is 6.88. The third-order valence-corrected chi connectivity index (χ3v) is 3.54. The number of benzene rings is 1. The van der Waals surface area contributed by atoms with E-state index in [-0.39, 0.29) is 0 Å². The van der Waals surface area contributed by atoms with Gasteiger partial charge in [0.2, 0.25) is 0 Å². The third kappa shape index (κ3) is 3.00. The van der Waals surface area contributed by atoms with E-state index in [9.17, 15) is 4.79 Å². The van der Waals surface area contributed by atoms with Gasteiger partial charge in [0.05, 0.1) is 15.4 Å². The quantitative estimate of drug-likeness (QED) is 0.834. The number of carbonyl (C=O) groups excluding carboxylic acids is 1. The Morgan fingerprint density at radius 3 is 2.53 bits per heavy atom. The molecule has 0 saturated heterocycles. The van der Waals surface area contributed by atoms with Crippen molar-refractivity contribution in [3.8, 4) is 17.0 Å². The van der Waals surface area contributed by atoms with Crippen LogP contribution in [0.3, 0.4) is 0 Å². The zero-order valence-corrected chi connectivity index (χ0v) is 12.5. The lowest BCUT2D eigenvalue weighted by Gasteiger charge is -2.11. The summed E-state index contributed by atoms with van der Waals surface area (Å²) in [5.41, 5.74) is 1.03. The number of nitrogens with zero attached hydrogens (tertiary/aromatic N) is 2. The molecule has 0 aliphatic carbocycles. The summed E-state index contributed by atoms with van der Waals surface area (Å²) in [5.74, 6) is 0.346. The summed E-state index contributed by atoms with van der Waals surface area (Å²) in [7, 11) is 3.20. The van der Waals surface area contributed by atoms with Gasteiger partial charge in [0.15, 0.2) is 5.75 Å². The predicted octanol–water partition coefficient (Wildman–Crippen LogP) is 4.18. The fourth-order valence-corrected chi connectivity index (χ4v) is 2.55. The summed E-state index contributed by atoms with van der Waals surface area (Å²) in [5, 5.41) is 2.55. The molecule has 1 heterocycles. The Kier molecular flexibility index (Phi) is 4.29. The Labute approximate surface area is 124 Å². The monoisotopic (exact) mass is 316 g/mol. The molecule has 0 N–H and O–H groups in total. The zero-order valence-electron chi connectivity index (χ0n) is 10.2. The Balaban J connectivity index is 2.42. The summed E-state index contributed by atoms with van der Waals surface area (Å²) in [4.78, 5) is 12.9. The molecule has 2 rings (SSSR count). The van der Waals surface area contributed by atoms with Crippen molar-refractivity contribution in [3.63, 3.8) is 0 Å². The van der Waals surface area contributed by atoms with Gasteiger partial charge in [-0.25, -0.2) is 4.79 Å². The molecule has 0 unspecified atom stereocenters. The highest BCUT2D eigenvalue weighted by molar-refractivity contribution is 7.04. The maximum Gasteiger partial charge on any atom is 0.414 e. The first-order valence-electron chi connectivity index (χ1n) is 5.28. The lowest BCUT2D eigenvalue weighted by molar-refractivity contribution is 0.172. The highest BCUT2D eigenvalue weighted by atomic mass is 35.5. The van der Waals surface area contributed by atoms with E-state index in [1.54, 1.807) is 37.7 Å². The van der Waals surface area contributed by atoms with E-state index in [0.29, 0.717) is 27.1 Å². The second kappa shape index (κ2) is 5.77. The van der Waals surface area contributed by atoms with E-state index < -0.39 is 6.09 Å².